The largest absolute Gasteiger partial charge is 0.364 e. The van der Waals surface area contributed by atoms with Gasteiger partial charge in [0.1, 0.15) is 6.33 Å². The van der Waals surface area contributed by atoms with Crippen LogP contribution in [0.1, 0.15) is 16.7 Å². The van der Waals surface area contributed by atoms with E-state index >= 15 is 0 Å². The first-order valence-corrected chi connectivity index (χ1v) is 9.23. The van der Waals surface area contributed by atoms with Crippen LogP contribution in [0.15, 0.2) is 55.1 Å². The lowest BCUT2D eigenvalue weighted by Crippen LogP contribution is -2.11. The molecule has 138 valence electrons. The van der Waals surface area contributed by atoms with Crippen LogP contribution >= 0.6 is 23.2 Å². The number of anilines is 1. The number of nitriles is 1. The van der Waals surface area contributed by atoms with Crippen molar-refractivity contribution in [2.75, 3.05) is 5.32 Å². The molecule has 28 heavy (non-hydrogen) atoms. The maximum absolute atomic E-state index is 8.89. The maximum Gasteiger partial charge on any atom is 0.165 e. The van der Waals surface area contributed by atoms with Gasteiger partial charge in [-0.3, -0.25) is 0 Å². The SMILES string of the molecule is N#Cc1ccc(CNc2ncn(Cc3c(Cl)cccc3Cl)c3ncnc2-3)cc1. The van der Waals surface area contributed by atoms with Crippen LogP contribution in [0.5, 0.6) is 0 Å². The molecule has 2 aromatic rings. The third-order valence-electron chi connectivity index (χ3n) is 4.33. The van der Waals surface area contributed by atoms with Crippen LogP contribution < -0.4 is 5.32 Å². The Morgan fingerprint density at radius 1 is 1.00 bits per heavy atom. The number of nitrogens with zero attached hydrogens (tertiary/aromatic N) is 5. The second-order valence-corrected chi connectivity index (χ2v) is 6.94. The summed E-state index contributed by atoms with van der Waals surface area (Å²) in [7, 11) is 0. The number of halogens is 2. The molecule has 4 rings (SSSR count). The molecular formula is C20H14Cl2N6. The van der Waals surface area contributed by atoms with Gasteiger partial charge in [-0.2, -0.15) is 5.26 Å². The molecule has 0 radical (unpaired) electrons. The van der Waals surface area contributed by atoms with Crippen molar-refractivity contribution in [1.29, 1.82) is 5.26 Å². The van der Waals surface area contributed by atoms with E-state index in [-0.39, 0.29) is 0 Å². The molecule has 0 amide bonds. The molecule has 0 bridgehead atoms. The summed E-state index contributed by atoms with van der Waals surface area (Å²) in [5.74, 6) is 1.33. The van der Waals surface area contributed by atoms with Gasteiger partial charge in [-0.1, -0.05) is 41.4 Å². The van der Waals surface area contributed by atoms with Gasteiger partial charge in [-0.15, -0.1) is 0 Å². The number of fused-ring (bicyclic) bond motifs is 1. The Morgan fingerprint density at radius 2 is 1.75 bits per heavy atom. The van der Waals surface area contributed by atoms with Crippen LogP contribution in [0, 0.1) is 11.3 Å². The van der Waals surface area contributed by atoms with E-state index in [0.29, 0.717) is 46.0 Å². The van der Waals surface area contributed by atoms with Crippen molar-refractivity contribution in [1.82, 2.24) is 19.5 Å². The highest BCUT2D eigenvalue weighted by Gasteiger charge is 2.18. The van der Waals surface area contributed by atoms with Crippen molar-refractivity contribution in [3.8, 4) is 17.6 Å². The van der Waals surface area contributed by atoms with E-state index in [1.165, 1.54) is 6.33 Å². The number of rotatable bonds is 5. The van der Waals surface area contributed by atoms with Crippen LogP contribution in [0.4, 0.5) is 5.82 Å². The quantitative estimate of drug-likeness (QED) is 0.521. The van der Waals surface area contributed by atoms with Crippen LogP contribution in [-0.4, -0.2) is 19.5 Å². The Kier molecular flexibility index (Phi) is 5.11. The van der Waals surface area contributed by atoms with Gasteiger partial charge in [-0.25, -0.2) is 15.0 Å². The highest BCUT2D eigenvalue weighted by Crippen LogP contribution is 2.29. The van der Waals surface area contributed by atoms with Crippen molar-refractivity contribution in [3.63, 3.8) is 0 Å². The minimum Gasteiger partial charge on any atom is -0.364 e. The van der Waals surface area contributed by atoms with E-state index in [9.17, 15) is 0 Å². The van der Waals surface area contributed by atoms with Crippen LogP contribution in [0.25, 0.3) is 11.5 Å². The molecule has 6 nitrogen and oxygen atoms in total. The summed E-state index contributed by atoms with van der Waals surface area (Å²) >= 11 is 12.6. The van der Waals surface area contributed by atoms with Gasteiger partial charge in [-0.05, 0) is 29.8 Å². The second kappa shape index (κ2) is 7.85. The van der Waals surface area contributed by atoms with Crippen molar-refractivity contribution < 1.29 is 0 Å². The van der Waals surface area contributed by atoms with E-state index in [2.05, 4.69) is 26.3 Å². The van der Waals surface area contributed by atoms with Gasteiger partial charge in [0.05, 0.1) is 24.5 Å². The predicted molar refractivity (Wildman–Crippen MR) is 108 cm³/mol. The Hall–Kier alpha value is -3.14. The topological polar surface area (TPSA) is 79.4 Å². The molecule has 0 aromatic heterocycles. The summed E-state index contributed by atoms with van der Waals surface area (Å²) in [5, 5.41) is 13.4. The normalized spacial score (nSPS) is 10.8. The van der Waals surface area contributed by atoms with Gasteiger partial charge in [0.15, 0.2) is 17.3 Å². The number of imidazole rings is 1. The molecule has 8 heteroatoms. The Morgan fingerprint density at radius 3 is 2.46 bits per heavy atom. The average Bonchev–Trinajstić information content (AvgIpc) is 3.21. The Balaban J connectivity index is 1.57. The fourth-order valence-electron chi connectivity index (χ4n) is 2.86. The average molecular weight is 409 g/mol. The van der Waals surface area contributed by atoms with Crippen LogP contribution in [0.3, 0.4) is 0 Å². The van der Waals surface area contributed by atoms with E-state index < -0.39 is 0 Å². The molecule has 0 saturated carbocycles. The number of hydrogen-bond donors (Lipinski definition) is 1. The lowest BCUT2D eigenvalue weighted by atomic mass is 10.1. The highest BCUT2D eigenvalue weighted by atomic mass is 35.5. The maximum atomic E-state index is 8.89. The number of benzene rings is 2. The van der Waals surface area contributed by atoms with E-state index in [1.807, 2.05) is 22.8 Å². The third-order valence-corrected chi connectivity index (χ3v) is 5.04. The predicted octanol–water partition coefficient (Wildman–Crippen LogP) is 4.62. The van der Waals surface area contributed by atoms with Crippen LogP contribution in [-0.2, 0) is 13.1 Å². The molecular weight excluding hydrogens is 395 g/mol. The van der Waals surface area contributed by atoms with Crippen molar-refractivity contribution in [2.24, 2.45) is 0 Å². The minimum atomic E-state index is 0.441. The lowest BCUT2D eigenvalue weighted by Gasteiger charge is -2.15. The van der Waals surface area contributed by atoms with E-state index in [4.69, 9.17) is 28.5 Å². The first-order valence-electron chi connectivity index (χ1n) is 8.47. The summed E-state index contributed by atoms with van der Waals surface area (Å²) in [6.07, 6.45) is 3.20. The molecule has 1 N–H and O–H groups in total. The Bertz CT molecular complexity index is 1110. The summed E-state index contributed by atoms with van der Waals surface area (Å²) in [6, 6.07) is 14.9. The van der Waals surface area contributed by atoms with Gasteiger partial charge < -0.3 is 9.88 Å². The van der Waals surface area contributed by atoms with Crippen molar-refractivity contribution >= 4 is 29.0 Å². The van der Waals surface area contributed by atoms with Crippen molar-refractivity contribution in [3.05, 3.63) is 81.9 Å². The van der Waals surface area contributed by atoms with E-state index in [1.54, 1.807) is 30.6 Å². The standard InChI is InChI=1S/C20H14Cl2N6/c21-16-2-1-3-17(22)15(16)10-28-12-27-19(18-20(28)26-11-25-18)24-9-14-6-4-13(8-23)5-7-14/h1-7,11-12,24H,9-10H2. The zero-order chi connectivity index (χ0) is 19.5. The van der Waals surface area contributed by atoms with Crippen LogP contribution in [0.2, 0.25) is 10.0 Å². The molecule has 2 aliphatic heterocycles. The van der Waals surface area contributed by atoms with Gasteiger partial charge in [0, 0.05) is 22.2 Å². The number of aromatic nitrogens is 4. The summed E-state index contributed by atoms with van der Waals surface area (Å²) in [5.41, 5.74) is 3.14. The van der Waals surface area contributed by atoms with Gasteiger partial charge in [0.2, 0.25) is 0 Å². The molecule has 0 atom stereocenters. The Labute approximate surface area is 171 Å². The third kappa shape index (κ3) is 3.63. The highest BCUT2D eigenvalue weighted by molar-refractivity contribution is 6.35. The molecule has 0 spiro atoms. The lowest BCUT2D eigenvalue weighted by molar-refractivity contribution is 0.761. The summed E-state index contributed by atoms with van der Waals surface area (Å²) in [6.45, 7) is 0.998. The zero-order valence-corrected chi connectivity index (χ0v) is 16.1. The number of hydrogen-bond acceptors (Lipinski definition) is 5. The second-order valence-electron chi connectivity index (χ2n) is 6.13. The van der Waals surface area contributed by atoms with Gasteiger partial charge >= 0.3 is 0 Å². The summed E-state index contributed by atoms with van der Waals surface area (Å²) in [4.78, 5) is 13.2. The first kappa shape index (κ1) is 18.2. The first-order chi connectivity index (χ1) is 13.7. The molecule has 2 heterocycles. The fraction of sp³-hybridized carbons (Fsp3) is 0.100. The fourth-order valence-corrected chi connectivity index (χ4v) is 3.38. The van der Waals surface area contributed by atoms with Crippen molar-refractivity contribution in [2.45, 2.75) is 13.1 Å². The molecule has 2 aromatic carbocycles. The smallest absolute Gasteiger partial charge is 0.165 e. The van der Waals surface area contributed by atoms with E-state index in [0.717, 1.165) is 11.1 Å². The summed E-state index contributed by atoms with van der Waals surface area (Å²) < 4.78 is 1.86. The molecule has 0 aliphatic carbocycles. The minimum absolute atomic E-state index is 0.441. The molecule has 0 fully saturated rings. The molecule has 2 aliphatic rings. The molecule has 0 unspecified atom stereocenters. The number of nitrogens with one attached hydrogen (secondary N) is 1. The monoisotopic (exact) mass is 408 g/mol. The zero-order valence-electron chi connectivity index (χ0n) is 14.6. The van der Waals surface area contributed by atoms with Gasteiger partial charge in [0.25, 0.3) is 0 Å². The molecule has 0 saturated heterocycles.